The van der Waals surface area contributed by atoms with E-state index in [1.807, 2.05) is 12.1 Å². The van der Waals surface area contributed by atoms with Gasteiger partial charge in [-0.15, -0.1) is 0 Å². The predicted molar refractivity (Wildman–Crippen MR) is 116 cm³/mol. The second-order valence-corrected chi connectivity index (χ2v) is 10.5. The van der Waals surface area contributed by atoms with E-state index in [0.29, 0.717) is 11.5 Å². The summed E-state index contributed by atoms with van der Waals surface area (Å²) in [6.07, 6.45) is 9.61. The molecule has 3 nitrogen and oxygen atoms in total. The van der Waals surface area contributed by atoms with Gasteiger partial charge < -0.3 is 10.1 Å². The van der Waals surface area contributed by atoms with Crippen LogP contribution < -0.4 is 5.32 Å². The van der Waals surface area contributed by atoms with Crippen LogP contribution in [0.4, 0.5) is 0 Å². The Morgan fingerprint density at radius 2 is 1.57 bits per heavy atom. The van der Waals surface area contributed by atoms with Crippen molar-refractivity contribution in [3.8, 4) is 0 Å². The maximum atomic E-state index is 12.7. The zero-order chi connectivity index (χ0) is 20.4. The molecule has 2 fully saturated rings. The fourth-order valence-corrected chi connectivity index (χ4v) is 5.62. The molecule has 1 aromatic rings. The Labute approximate surface area is 171 Å². The molecule has 1 aliphatic carbocycles. The molecule has 2 aliphatic rings. The van der Waals surface area contributed by atoms with E-state index < -0.39 is 0 Å². The summed E-state index contributed by atoms with van der Waals surface area (Å²) in [4.78, 5) is 12.7. The van der Waals surface area contributed by atoms with Gasteiger partial charge in [-0.05, 0) is 82.9 Å². The van der Waals surface area contributed by atoms with Crippen LogP contribution >= 0.6 is 0 Å². The molecule has 1 aromatic carbocycles. The molecule has 1 N–H and O–H groups in total. The van der Waals surface area contributed by atoms with Gasteiger partial charge in [0.15, 0.2) is 0 Å². The van der Waals surface area contributed by atoms with Crippen molar-refractivity contribution in [2.75, 3.05) is 0 Å². The average molecular weight is 386 g/mol. The minimum Gasteiger partial charge on any atom is -0.459 e. The maximum absolute atomic E-state index is 12.7. The van der Waals surface area contributed by atoms with Gasteiger partial charge in [-0.2, -0.15) is 0 Å². The summed E-state index contributed by atoms with van der Waals surface area (Å²) in [6.45, 7) is 11.0. The van der Waals surface area contributed by atoms with Crippen LogP contribution in [0, 0.1) is 5.92 Å². The molecule has 156 valence electrons. The van der Waals surface area contributed by atoms with Crippen molar-refractivity contribution in [2.24, 2.45) is 5.92 Å². The van der Waals surface area contributed by atoms with Gasteiger partial charge in [0, 0.05) is 23.9 Å². The Balaban J connectivity index is 1.57. The van der Waals surface area contributed by atoms with E-state index in [-0.39, 0.29) is 23.2 Å². The smallest absolute Gasteiger partial charge is 0.338 e. The average Bonchev–Trinajstić information content (AvgIpc) is 2.60. The van der Waals surface area contributed by atoms with Crippen LogP contribution in [0.15, 0.2) is 24.3 Å². The molecular formula is C25H39NO2. The van der Waals surface area contributed by atoms with Crippen molar-refractivity contribution in [3.63, 3.8) is 0 Å². The van der Waals surface area contributed by atoms with E-state index in [9.17, 15) is 4.79 Å². The van der Waals surface area contributed by atoms with Crippen LogP contribution in [-0.4, -0.2) is 23.2 Å². The SMILES string of the molecule is CCCC1CCC(c2ccc(C(=O)OC3CC(C)(C)NC(C)(C)C3)cc2)CC1. The van der Waals surface area contributed by atoms with E-state index >= 15 is 0 Å². The molecule has 0 aromatic heterocycles. The second kappa shape index (κ2) is 8.57. The van der Waals surface area contributed by atoms with Crippen LogP contribution in [0.1, 0.15) is 108 Å². The Morgan fingerprint density at radius 1 is 1.00 bits per heavy atom. The zero-order valence-electron chi connectivity index (χ0n) is 18.5. The van der Waals surface area contributed by atoms with E-state index in [1.165, 1.54) is 44.1 Å². The van der Waals surface area contributed by atoms with Gasteiger partial charge in [0.05, 0.1) is 5.56 Å². The molecule has 0 spiro atoms. The monoisotopic (exact) mass is 385 g/mol. The number of carbonyl (C=O) groups is 1. The largest absolute Gasteiger partial charge is 0.459 e. The number of hydrogen-bond donors (Lipinski definition) is 1. The number of carbonyl (C=O) groups excluding carboxylic acids is 1. The Bertz CT molecular complexity index is 638. The molecule has 0 radical (unpaired) electrons. The van der Waals surface area contributed by atoms with Gasteiger partial charge in [0.1, 0.15) is 6.10 Å². The number of esters is 1. The number of benzene rings is 1. The number of ether oxygens (including phenoxy) is 1. The van der Waals surface area contributed by atoms with Crippen molar-refractivity contribution >= 4 is 5.97 Å². The van der Waals surface area contributed by atoms with E-state index in [1.54, 1.807) is 0 Å². The van der Waals surface area contributed by atoms with Crippen molar-refractivity contribution in [2.45, 2.75) is 109 Å². The highest BCUT2D eigenvalue weighted by molar-refractivity contribution is 5.89. The topological polar surface area (TPSA) is 38.3 Å². The van der Waals surface area contributed by atoms with Gasteiger partial charge in [0.25, 0.3) is 0 Å². The molecule has 0 bridgehead atoms. The van der Waals surface area contributed by atoms with Crippen LogP contribution in [0.3, 0.4) is 0 Å². The molecule has 0 amide bonds. The maximum Gasteiger partial charge on any atom is 0.338 e. The molecule has 1 saturated heterocycles. The predicted octanol–water partition coefficient (Wildman–Crippen LogP) is 6.23. The number of piperidine rings is 1. The summed E-state index contributed by atoms with van der Waals surface area (Å²) in [6, 6.07) is 8.23. The molecule has 3 heteroatoms. The highest BCUT2D eigenvalue weighted by Gasteiger charge is 2.39. The Kier molecular flexibility index (Phi) is 6.54. The first-order valence-corrected chi connectivity index (χ1v) is 11.3. The summed E-state index contributed by atoms with van der Waals surface area (Å²) in [5.41, 5.74) is 2.02. The standard InChI is InChI=1S/C25H39NO2/c1-6-7-18-8-10-19(11-9-18)20-12-14-21(15-13-20)23(27)28-22-16-24(2,3)26-25(4,5)17-22/h12-15,18-19,22,26H,6-11,16-17H2,1-5H3. The summed E-state index contributed by atoms with van der Waals surface area (Å²) >= 11 is 0. The van der Waals surface area contributed by atoms with Gasteiger partial charge in [-0.1, -0.05) is 31.9 Å². The number of rotatable bonds is 5. The molecule has 28 heavy (non-hydrogen) atoms. The molecule has 1 aliphatic heterocycles. The molecule has 1 heterocycles. The van der Waals surface area contributed by atoms with Crippen LogP contribution in [0.5, 0.6) is 0 Å². The lowest BCUT2D eigenvalue weighted by Gasteiger charge is -2.45. The highest BCUT2D eigenvalue weighted by atomic mass is 16.5. The lowest BCUT2D eigenvalue weighted by Crippen LogP contribution is -2.59. The van der Waals surface area contributed by atoms with Crippen molar-refractivity contribution in [1.29, 1.82) is 0 Å². The number of hydrogen-bond acceptors (Lipinski definition) is 3. The second-order valence-electron chi connectivity index (χ2n) is 10.5. The van der Waals surface area contributed by atoms with Gasteiger partial charge in [-0.25, -0.2) is 4.79 Å². The van der Waals surface area contributed by atoms with E-state index in [0.717, 1.165) is 18.8 Å². The molecular weight excluding hydrogens is 346 g/mol. The van der Waals surface area contributed by atoms with Crippen molar-refractivity contribution in [1.82, 2.24) is 5.32 Å². The fourth-order valence-electron chi connectivity index (χ4n) is 5.62. The lowest BCUT2D eigenvalue weighted by atomic mass is 9.77. The summed E-state index contributed by atoms with van der Waals surface area (Å²) in [7, 11) is 0. The molecule has 3 rings (SSSR count). The zero-order valence-corrected chi connectivity index (χ0v) is 18.5. The summed E-state index contributed by atoms with van der Waals surface area (Å²) < 4.78 is 5.90. The van der Waals surface area contributed by atoms with Crippen LogP contribution in [-0.2, 0) is 4.74 Å². The fraction of sp³-hybridized carbons (Fsp3) is 0.720. The molecule has 1 saturated carbocycles. The third kappa shape index (κ3) is 5.59. The van der Waals surface area contributed by atoms with Gasteiger partial charge >= 0.3 is 5.97 Å². The first-order valence-electron chi connectivity index (χ1n) is 11.3. The van der Waals surface area contributed by atoms with E-state index in [2.05, 4.69) is 52.1 Å². The first-order chi connectivity index (χ1) is 13.2. The van der Waals surface area contributed by atoms with Crippen LogP contribution in [0.25, 0.3) is 0 Å². The van der Waals surface area contributed by atoms with E-state index in [4.69, 9.17) is 4.74 Å². The van der Waals surface area contributed by atoms with Crippen LogP contribution in [0.2, 0.25) is 0 Å². The van der Waals surface area contributed by atoms with Gasteiger partial charge in [-0.3, -0.25) is 0 Å². The van der Waals surface area contributed by atoms with Crippen molar-refractivity contribution < 1.29 is 9.53 Å². The highest BCUT2D eigenvalue weighted by Crippen LogP contribution is 2.37. The van der Waals surface area contributed by atoms with Gasteiger partial charge in [0.2, 0.25) is 0 Å². The molecule has 0 unspecified atom stereocenters. The number of nitrogens with one attached hydrogen (secondary N) is 1. The third-order valence-electron chi connectivity index (χ3n) is 6.59. The Hall–Kier alpha value is -1.35. The normalized spacial score (nSPS) is 27.3. The lowest BCUT2D eigenvalue weighted by molar-refractivity contribution is -0.00638. The summed E-state index contributed by atoms with van der Waals surface area (Å²) in [5, 5.41) is 3.64. The van der Waals surface area contributed by atoms with Crippen molar-refractivity contribution in [3.05, 3.63) is 35.4 Å². The molecule has 0 atom stereocenters. The Morgan fingerprint density at radius 3 is 2.11 bits per heavy atom. The third-order valence-corrected chi connectivity index (χ3v) is 6.59. The minimum absolute atomic E-state index is 0.0207. The minimum atomic E-state index is -0.184. The first kappa shape index (κ1) is 21.4. The summed E-state index contributed by atoms with van der Waals surface area (Å²) in [5.74, 6) is 1.40. The quantitative estimate of drug-likeness (QED) is 0.611.